The number of hydrogen-bond acceptors (Lipinski definition) is 6. The van der Waals surface area contributed by atoms with Crippen LogP contribution in [0.3, 0.4) is 0 Å². The fourth-order valence-electron chi connectivity index (χ4n) is 3.78. The van der Waals surface area contributed by atoms with E-state index in [1.54, 1.807) is 12.1 Å². The van der Waals surface area contributed by atoms with Crippen molar-refractivity contribution in [3.05, 3.63) is 41.5 Å². The van der Waals surface area contributed by atoms with Crippen LogP contribution in [0.4, 0.5) is 0 Å². The van der Waals surface area contributed by atoms with Gasteiger partial charge in [0, 0.05) is 37.7 Å². The number of carbonyl (C=O) groups excluding carboxylic acids is 1. The molecule has 1 aromatic carbocycles. The average molecular weight is 426 g/mol. The maximum absolute atomic E-state index is 12.9. The molecule has 0 aliphatic carbocycles. The molecular weight excluding hydrogens is 402 g/mol. The number of carbonyl (C=O) groups is 1. The maximum atomic E-state index is 12.9. The summed E-state index contributed by atoms with van der Waals surface area (Å²) in [5, 5.41) is 11.9. The molecule has 1 aromatic heterocycles. The van der Waals surface area contributed by atoms with Crippen LogP contribution in [0, 0.1) is 0 Å². The van der Waals surface area contributed by atoms with Crippen molar-refractivity contribution in [2.75, 3.05) is 19.6 Å². The first-order chi connectivity index (χ1) is 13.0. The summed E-state index contributed by atoms with van der Waals surface area (Å²) in [4.78, 5) is 11.6. The number of hydrogen-bond donors (Lipinski definition) is 1. The Labute approximate surface area is 170 Å². The molecule has 0 amide bonds. The lowest BCUT2D eigenvalue weighted by Gasteiger charge is -2.31. The Hall–Kier alpha value is -1.81. The summed E-state index contributed by atoms with van der Waals surface area (Å²) in [5.41, 5.74) is 0.513. The first-order valence-electron chi connectivity index (χ1n) is 9.20. The largest absolute Gasteiger partial charge is 0.312 e. The second kappa shape index (κ2) is 8.28. The lowest BCUT2D eigenvalue weighted by molar-refractivity contribution is 0.101. The highest BCUT2D eigenvalue weighted by Gasteiger charge is 2.32. The molecule has 0 spiro atoms. The fourth-order valence-corrected chi connectivity index (χ4v) is 5.25. The normalized spacial score (nSPS) is 18.3. The summed E-state index contributed by atoms with van der Waals surface area (Å²) in [6, 6.07) is 6.16. The van der Waals surface area contributed by atoms with Gasteiger partial charge in [0.25, 0.3) is 0 Å². The van der Waals surface area contributed by atoms with Crippen LogP contribution in [0.2, 0.25) is 0 Å². The summed E-state index contributed by atoms with van der Waals surface area (Å²) < 4.78 is 29.5. The van der Waals surface area contributed by atoms with Crippen molar-refractivity contribution in [2.24, 2.45) is 0 Å². The molecule has 8 nitrogen and oxygen atoms in total. The van der Waals surface area contributed by atoms with Crippen molar-refractivity contribution in [1.29, 1.82) is 0 Å². The molecule has 28 heavy (non-hydrogen) atoms. The number of Topliss-reactive ketones (excluding diaryl/α,β-unsaturated/α-hetero) is 1. The highest BCUT2D eigenvalue weighted by molar-refractivity contribution is 7.89. The van der Waals surface area contributed by atoms with Gasteiger partial charge in [0.15, 0.2) is 5.78 Å². The third-order valence-electron chi connectivity index (χ3n) is 5.37. The molecule has 10 heteroatoms. The van der Waals surface area contributed by atoms with Gasteiger partial charge in [-0.3, -0.25) is 4.79 Å². The van der Waals surface area contributed by atoms with Gasteiger partial charge in [0.2, 0.25) is 10.0 Å². The number of aromatic nitrogens is 3. The number of rotatable bonds is 4. The minimum absolute atomic E-state index is 0. The molecule has 0 atom stereocenters. The van der Waals surface area contributed by atoms with Crippen molar-refractivity contribution < 1.29 is 13.2 Å². The van der Waals surface area contributed by atoms with E-state index in [0.29, 0.717) is 18.7 Å². The van der Waals surface area contributed by atoms with Crippen LogP contribution in [0.25, 0.3) is 0 Å². The molecule has 2 aliphatic rings. The number of ketones is 1. The summed E-state index contributed by atoms with van der Waals surface area (Å²) in [5.74, 6) is 2.09. The smallest absolute Gasteiger partial charge is 0.243 e. The van der Waals surface area contributed by atoms with Crippen LogP contribution in [-0.4, -0.2) is 52.9 Å². The molecule has 0 bridgehead atoms. The van der Waals surface area contributed by atoms with Gasteiger partial charge in [-0.05, 0) is 31.9 Å². The van der Waals surface area contributed by atoms with Crippen LogP contribution in [0.15, 0.2) is 29.2 Å². The highest BCUT2D eigenvalue weighted by Crippen LogP contribution is 2.30. The first-order valence-corrected chi connectivity index (χ1v) is 10.6. The number of benzene rings is 1. The van der Waals surface area contributed by atoms with E-state index in [1.165, 1.54) is 23.4 Å². The lowest BCUT2D eigenvalue weighted by Crippen LogP contribution is -2.38. The van der Waals surface area contributed by atoms with Crippen LogP contribution in [-0.2, 0) is 23.1 Å². The number of nitrogens with one attached hydrogen (secondary N) is 1. The van der Waals surface area contributed by atoms with E-state index in [-0.39, 0.29) is 29.0 Å². The Morgan fingerprint density at radius 1 is 1.11 bits per heavy atom. The van der Waals surface area contributed by atoms with Crippen molar-refractivity contribution in [1.82, 2.24) is 24.4 Å². The Morgan fingerprint density at radius 3 is 2.43 bits per heavy atom. The van der Waals surface area contributed by atoms with E-state index in [4.69, 9.17) is 0 Å². The van der Waals surface area contributed by atoms with Gasteiger partial charge in [0.1, 0.15) is 11.6 Å². The van der Waals surface area contributed by atoms with Gasteiger partial charge in [-0.15, -0.1) is 22.6 Å². The molecule has 0 unspecified atom stereocenters. The van der Waals surface area contributed by atoms with Crippen molar-refractivity contribution in [3.63, 3.8) is 0 Å². The van der Waals surface area contributed by atoms with Gasteiger partial charge in [0.05, 0.1) is 11.4 Å². The zero-order chi connectivity index (χ0) is 19.0. The van der Waals surface area contributed by atoms with Crippen LogP contribution < -0.4 is 5.32 Å². The van der Waals surface area contributed by atoms with Gasteiger partial charge < -0.3 is 9.88 Å². The number of sulfonamides is 1. The molecule has 2 aliphatic heterocycles. The molecule has 1 N–H and O–H groups in total. The monoisotopic (exact) mass is 425 g/mol. The Kier molecular flexibility index (Phi) is 6.18. The van der Waals surface area contributed by atoms with Crippen molar-refractivity contribution >= 4 is 28.2 Å². The minimum Gasteiger partial charge on any atom is -0.312 e. The van der Waals surface area contributed by atoms with E-state index in [2.05, 4.69) is 20.1 Å². The van der Waals surface area contributed by atoms with E-state index in [9.17, 15) is 13.2 Å². The number of halogens is 1. The predicted octanol–water partition coefficient (Wildman–Crippen LogP) is 1.57. The third-order valence-corrected chi connectivity index (χ3v) is 7.28. The zero-order valence-corrected chi connectivity index (χ0v) is 17.3. The SMILES string of the molecule is CC(=O)c1ccc(S(=O)(=O)N2CCC(c3nnc4n3CCNC4)CC2)cc1.Cl. The van der Waals surface area contributed by atoms with E-state index in [1.807, 2.05) is 0 Å². The standard InChI is InChI=1S/C18H23N5O3S.ClH/c1-13(24)14-2-4-16(5-3-14)27(25,26)22-9-6-15(7-10-22)18-21-20-17-12-19-8-11-23(17)18;/h2-5,15,19H,6-12H2,1H3;1H. The molecule has 0 radical (unpaired) electrons. The van der Waals surface area contributed by atoms with Crippen LogP contribution >= 0.6 is 12.4 Å². The van der Waals surface area contributed by atoms with Crippen molar-refractivity contribution in [2.45, 2.75) is 43.7 Å². The predicted molar refractivity (Wildman–Crippen MR) is 106 cm³/mol. The van der Waals surface area contributed by atoms with E-state index in [0.717, 1.165) is 44.1 Å². The molecule has 152 valence electrons. The van der Waals surface area contributed by atoms with Gasteiger partial charge >= 0.3 is 0 Å². The third kappa shape index (κ3) is 3.84. The fraction of sp³-hybridized carbons (Fsp3) is 0.500. The summed E-state index contributed by atoms with van der Waals surface area (Å²) in [6.45, 7) is 4.88. The molecular formula is C18H24ClN5O3S. The van der Waals surface area contributed by atoms with Crippen LogP contribution in [0.1, 0.15) is 47.7 Å². The Bertz CT molecular complexity index is 950. The molecule has 3 heterocycles. The Morgan fingerprint density at radius 2 is 1.79 bits per heavy atom. The quantitative estimate of drug-likeness (QED) is 0.747. The number of fused-ring (bicyclic) bond motifs is 1. The molecule has 4 rings (SSSR count). The molecule has 1 fully saturated rings. The Balaban J connectivity index is 0.00000225. The second-order valence-corrected chi connectivity index (χ2v) is 9.00. The number of nitrogens with zero attached hydrogens (tertiary/aromatic N) is 4. The van der Waals surface area contributed by atoms with Crippen LogP contribution in [0.5, 0.6) is 0 Å². The lowest BCUT2D eigenvalue weighted by atomic mass is 9.97. The van der Waals surface area contributed by atoms with E-state index < -0.39 is 10.0 Å². The number of piperidine rings is 1. The summed E-state index contributed by atoms with van der Waals surface area (Å²) in [6.07, 6.45) is 1.46. The molecule has 0 saturated carbocycles. The van der Waals surface area contributed by atoms with Gasteiger partial charge in [-0.25, -0.2) is 8.42 Å². The summed E-state index contributed by atoms with van der Waals surface area (Å²) in [7, 11) is -3.54. The van der Waals surface area contributed by atoms with Crippen molar-refractivity contribution in [3.8, 4) is 0 Å². The topological polar surface area (TPSA) is 97.2 Å². The highest BCUT2D eigenvalue weighted by atomic mass is 35.5. The molecule has 1 saturated heterocycles. The zero-order valence-electron chi connectivity index (χ0n) is 15.7. The summed E-state index contributed by atoms with van der Waals surface area (Å²) >= 11 is 0. The van der Waals surface area contributed by atoms with Gasteiger partial charge in [-0.1, -0.05) is 12.1 Å². The second-order valence-electron chi connectivity index (χ2n) is 7.06. The first kappa shape index (κ1) is 20.9. The van der Waals surface area contributed by atoms with E-state index >= 15 is 0 Å². The molecule has 2 aromatic rings. The van der Waals surface area contributed by atoms with Gasteiger partial charge in [-0.2, -0.15) is 4.31 Å². The average Bonchev–Trinajstić information content (AvgIpc) is 3.12. The maximum Gasteiger partial charge on any atom is 0.243 e. The minimum atomic E-state index is -3.54.